The molecular formula is C18H13BrCl2. The standard InChI is InChI=1S/C18H13BrCl2/c1-11-6-8-15(14-5-3-2-4-13(11)14)18(21)12-7-9-16(19)17(20)10-12/h2-10,18H,1H3. The zero-order valence-corrected chi connectivity index (χ0v) is 14.5. The maximum Gasteiger partial charge on any atom is 0.0841 e. The third-order valence-corrected chi connectivity index (χ3v) is 5.40. The van der Waals surface area contributed by atoms with E-state index in [4.69, 9.17) is 23.2 Å². The van der Waals surface area contributed by atoms with Crippen molar-refractivity contribution >= 4 is 49.9 Å². The molecule has 0 aliphatic carbocycles. The molecule has 0 nitrogen and oxygen atoms in total. The van der Waals surface area contributed by atoms with E-state index < -0.39 is 0 Å². The Morgan fingerprint density at radius 2 is 1.67 bits per heavy atom. The average Bonchev–Trinajstić information content (AvgIpc) is 2.50. The first-order valence-electron chi connectivity index (χ1n) is 6.65. The van der Waals surface area contributed by atoms with Gasteiger partial charge in [-0.25, -0.2) is 0 Å². The first-order valence-corrected chi connectivity index (χ1v) is 8.26. The molecule has 0 saturated heterocycles. The summed E-state index contributed by atoms with van der Waals surface area (Å²) < 4.78 is 0.880. The molecule has 0 aliphatic rings. The Labute approximate surface area is 142 Å². The number of aryl methyl sites for hydroxylation is 1. The number of hydrogen-bond donors (Lipinski definition) is 0. The maximum atomic E-state index is 6.71. The SMILES string of the molecule is Cc1ccc(C(Cl)c2ccc(Br)c(Cl)c2)c2ccccc12. The van der Waals surface area contributed by atoms with E-state index in [1.165, 1.54) is 16.3 Å². The van der Waals surface area contributed by atoms with Gasteiger partial charge in [0.1, 0.15) is 0 Å². The van der Waals surface area contributed by atoms with Crippen molar-refractivity contribution in [3.05, 3.63) is 80.8 Å². The molecule has 0 spiro atoms. The van der Waals surface area contributed by atoms with Crippen LogP contribution in [0.5, 0.6) is 0 Å². The molecule has 0 radical (unpaired) electrons. The molecule has 3 rings (SSSR count). The van der Waals surface area contributed by atoms with Crippen molar-refractivity contribution in [1.29, 1.82) is 0 Å². The minimum atomic E-state index is -0.221. The molecule has 0 aliphatic heterocycles. The van der Waals surface area contributed by atoms with Crippen LogP contribution in [0.15, 0.2) is 59.1 Å². The second kappa shape index (κ2) is 6.00. The summed E-state index contributed by atoms with van der Waals surface area (Å²) >= 11 is 16.3. The first kappa shape index (κ1) is 14.9. The van der Waals surface area contributed by atoms with Crippen LogP contribution in [-0.2, 0) is 0 Å². The second-order valence-corrected chi connectivity index (χ2v) is 6.75. The van der Waals surface area contributed by atoms with Crippen molar-refractivity contribution in [3.63, 3.8) is 0 Å². The Morgan fingerprint density at radius 3 is 2.38 bits per heavy atom. The minimum absolute atomic E-state index is 0.221. The topological polar surface area (TPSA) is 0 Å². The van der Waals surface area contributed by atoms with Gasteiger partial charge in [-0.1, -0.05) is 54.1 Å². The zero-order chi connectivity index (χ0) is 15.0. The number of alkyl halides is 1. The van der Waals surface area contributed by atoms with E-state index in [1.54, 1.807) is 0 Å². The Balaban J connectivity index is 2.15. The Kier molecular flexibility index (Phi) is 4.26. The molecular weight excluding hydrogens is 367 g/mol. The third kappa shape index (κ3) is 2.83. The molecule has 0 heterocycles. The molecule has 1 atom stereocenters. The van der Waals surface area contributed by atoms with Gasteiger partial charge in [0.2, 0.25) is 0 Å². The number of benzene rings is 3. The summed E-state index contributed by atoms with van der Waals surface area (Å²) in [5, 5.41) is 2.89. The molecule has 0 fully saturated rings. The number of halogens is 3. The highest BCUT2D eigenvalue weighted by Gasteiger charge is 2.15. The summed E-state index contributed by atoms with van der Waals surface area (Å²) in [6.45, 7) is 2.12. The van der Waals surface area contributed by atoms with Crippen LogP contribution in [0.3, 0.4) is 0 Å². The molecule has 0 bridgehead atoms. The summed E-state index contributed by atoms with van der Waals surface area (Å²) in [5.41, 5.74) is 3.36. The van der Waals surface area contributed by atoms with E-state index in [9.17, 15) is 0 Å². The molecule has 3 aromatic rings. The smallest absolute Gasteiger partial charge is 0.0841 e. The van der Waals surface area contributed by atoms with E-state index >= 15 is 0 Å². The lowest BCUT2D eigenvalue weighted by Gasteiger charge is -2.15. The first-order chi connectivity index (χ1) is 10.1. The molecule has 3 heteroatoms. The molecule has 0 aromatic heterocycles. The third-order valence-electron chi connectivity index (χ3n) is 3.69. The Hall–Kier alpha value is -1.02. The number of hydrogen-bond acceptors (Lipinski definition) is 0. The summed E-state index contributed by atoms with van der Waals surface area (Å²) in [6.07, 6.45) is 0. The van der Waals surface area contributed by atoms with Gasteiger partial charge in [0.15, 0.2) is 0 Å². The van der Waals surface area contributed by atoms with Gasteiger partial charge < -0.3 is 0 Å². The van der Waals surface area contributed by atoms with Crippen molar-refractivity contribution < 1.29 is 0 Å². The summed E-state index contributed by atoms with van der Waals surface area (Å²) in [7, 11) is 0. The van der Waals surface area contributed by atoms with Crippen LogP contribution in [-0.4, -0.2) is 0 Å². The predicted octanol–water partition coefficient (Wildman–Crippen LogP) is 6.89. The molecule has 0 saturated carbocycles. The molecule has 21 heavy (non-hydrogen) atoms. The largest absolute Gasteiger partial charge is 0.113 e. The molecule has 1 unspecified atom stereocenters. The normalized spacial score (nSPS) is 12.6. The zero-order valence-electron chi connectivity index (χ0n) is 11.4. The van der Waals surface area contributed by atoms with Crippen LogP contribution in [0, 0.1) is 6.92 Å². The van der Waals surface area contributed by atoms with Gasteiger partial charge in [0, 0.05) is 4.47 Å². The predicted molar refractivity (Wildman–Crippen MR) is 95.5 cm³/mol. The minimum Gasteiger partial charge on any atom is -0.113 e. The van der Waals surface area contributed by atoms with E-state index in [2.05, 4.69) is 53.2 Å². The summed E-state index contributed by atoms with van der Waals surface area (Å²) in [5.74, 6) is 0. The van der Waals surface area contributed by atoms with E-state index in [-0.39, 0.29) is 5.38 Å². The molecule has 3 aromatic carbocycles. The van der Waals surface area contributed by atoms with Crippen molar-refractivity contribution in [1.82, 2.24) is 0 Å². The van der Waals surface area contributed by atoms with E-state index in [0.717, 1.165) is 15.6 Å². The van der Waals surface area contributed by atoms with Crippen molar-refractivity contribution in [2.45, 2.75) is 12.3 Å². The lowest BCUT2D eigenvalue weighted by atomic mass is 9.95. The average molecular weight is 380 g/mol. The van der Waals surface area contributed by atoms with Crippen molar-refractivity contribution in [3.8, 4) is 0 Å². The Bertz CT molecular complexity index is 811. The quantitative estimate of drug-likeness (QED) is 0.425. The van der Waals surface area contributed by atoms with E-state index in [0.29, 0.717) is 5.02 Å². The highest BCUT2D eigenvalue weighted by Crippen LogP contribution is 2.37. The fourth-order valence-corrected chi connectivity index (χ4v) is 3.31. The fourth-order valence-electron chi connectivity index (χ4n) is 2.54. The van der Waals surface area contributed by atoms with Crippen molar-refractivity contribution in [2.24, 2.45) is 0 Å². The lowest BCUT2D eigenvalue weighted by molar-refractivity contribution is 1.15. The molecule has 0 amide bonds. The van der Waals surface area contributed by atoms with Crippen LogP contribution >= 0.6 is 39.1 Å². The summed E-state index contributed by atoms with van der Waals surface area (Å²) in [6, 6.07) is 18.4. The molecule has 106 valence electrons. The van der Waals surface area contributed by atoms with Crippen LogP contribution in [0.25, 0.3) is 10.8 Å². The van der Waals surface area contributed by atoms with Crippen molar-refractivity contribution in [2.75, 3.05) is 0 Å². The van der Waals surface area contributed by atoms with E-state index in [1.807, 2.05) is 24.3 Å². The number of fused-ring (bicyclic) bond motifs is 1. The fraction of sp³-hybridized carbons (Fsp3) is 0.111. The highest BCUT2D eigenvalue weighted by atomic mass is 79.9. The van der Waals surface area contributed by atoms with Gasteiger partial charge >= 0.3 is 0 Å². The Morgan fingerprint density at radius 1 is 0.952 bits per heavy atom. The lowest BCUT2D eigenvalue weighted by Crippen LogP contribution is -1.96. The van der Waals surface area contributed by atoms with Crippen LogP contribution < -0.4 is 0 Å². The second-order valence-electron chi connectivity index (χ2n) is 5.05. The van der Waals surface area contributed by atoms with Gasteiger partial charge in [-0.05, 0) is 62.4 Å². The van der Waals surface area contributed by atoms with Gasteiger partial charge in [-0.3, -0.25) is 0 Å². The van der Waals surface area contributed by atoms with Crippen LogP contribution in [0.4, 0.5) is 0 Å². The van der Waals surface area contributed by atoms with Gasteiger partial charge in [0.25, 0.3) is 0 Å². The van der Waals surface area contributed by atoms with Gasteiger partial charge in [0.05, 0.1) is 10.4 Å². The monoisotopic (exact) mass is 378 g/mol. The molecule has 0 N–H and O–H groups in total. The number of rotatable bonds is 2. The van der Waals surface area contributed by atoms with Crippen LogP contribution in [0.2, 0.25) is 5.02 Å². The van der Waals surface area contributed by atoms with Gasteiger partial charge in [-0.15, -0.1) is 11.6 Å². The maximum absolute atomic E-state index is 6.71. The van der Waals surface area contributed by atoms with Gasteiger partial charge in [-0.2, -0.15) is 0 Å². The summed E-state index contributed by atoms with van der Waals surface area (Å²) in [4.78, 5) is 0. The van der Waals surface area contributed by atoms with Crippen LogP contribution in [0.1, 0.15) is 22.1 Å². The highest BCUT2D eigenvalue weighted by molar-refractivity contribution is 9.10.